The average molecular weight is 281 g/mol. The van der Waals surface area contributed by atoms with Crippen molar-refractivity contribution in [3.8, 4) is 22.8 Å². The van der Waals surface area contributed by atoms with Crippen LogP contribution in [0.1, 0.15) is 5.56 Å². The van der Waals surface area contributed by atoms with Gasteiger partial charge in [0.25, 0.3) is 0 Å². The van der Waals surface area contributed by atoms with Crippen molar-refractivity contribution in [1.82, 2.24) is 4.98 Å². The molecule has 21 heavy (non-hydrogen) atoms. The van der Waals surface area contributed by atoms with Gasteiger partial charge in [-0.3, -0.25) is 4.79 Å². The number of benzene rings is 2. The van der Waals surface area contributed by atoms with Gasteiger partial charge in [0.15, 0.2) is 5.43 Å². The van der Waals surface area contributed by atoms with Crippen molar-refractivity contribution < 1.29 is 9.84 Å². The highest BCUT2D eigenvalue weighted by molar-refractivity contribution is 5.82. The Kier molecular flexibility index (Phi) is 3.14. The number of pyridine rings is 1. The van der Waals surface area contributed by atoms with E-state index in [9.17, 15) is 9.90 Å². The number of fused-ring (bicyclic) bond motifs is 1. The summed E-state index contributed by atoms with van der Waals surface area (Å²) in [6.07, 6.45) is 0. The van der Waals surface area contributed by atoms with E-state index in [2.05, 4.69) is 4.98 Å². The van der Waals surface area contributed by atoms with Crippen molar-refractivity contribution in [1.29, 1.82) is 0 Å². The van der Waals surface area contributed by atoms with Crippen LogP contribution in [-0.2, 0) is 0 Å². The van der Waals surface area contributed by atoms with Gasteiger partial charge in [0.2, 0.25) is 0 Å². The standard InChI is InChI=1S/C17H15NO3/c1-10-7-15(19)12(8-17(10)21-2)14-9-16(20)11-5-3-4-6-13(11)18-14/h3-9,19H,1-2H3,(H,18,20). The van der Waals surface area contributed by atoms with E-state index in [0.717, 1.165) is 11.1 Å². The Hall–Kier alpha value is -2.75. The Morgan fingerprint density at radius 2 is 1.90 bits per heavy atom. The number of methoxy groups -OCH3 is 1. The summed E-state index contributed by atoms with van der Waals surface area (Å²) in [5, 5.41) is 10.8. The number of ether oxygens (including phenoxy) is 1. The van der Waals surface area contributed by atoms with Gasteiger partial charge in [0.1, 0.15) is 11.5 Å². The number of phenolic OH excluding ortho intramolecular Hbond substituents is 1. The molecule has 0 amide bonds. The molecular weight excluding hydrogens is 266 g/mol. The summed E-state index contributed by atoms with van der Waals surface area (Å²) in [5.74, 6) is 0.774. The zero-order chi connectivity index (χ0) is 15.0. The van der Waals surface area contributed by atoms with Gasteiger partial charge in [0.05, 0.1) is 12.8 Å². The number of hydrogen-bond acceptors (Lipinski definition) is 3. The zero-order valence-electron chi connectivity index (χ0n) is 11.8. The Balaban J connectivity index is 2.28. The van der Waals surface area contributed by atoms with Gasteiger partial charge in [-0.1, -0.05) is 12.1 Å². The first-order chi connectivity index (χ1) is 10.1. The molecule has 3 aromatic rings. The summed E-state index contributed by atoms with van der Waals surface area (Å²) in [4.78, 5) is 15.4. The highest BCUT2D eigenvalue weighted by Crippen LogP contribution is 2.34. The number of H-pyrrole nitrogens is 1. The first kappa shape index (κ1) is 13.2. The fraction of sp³-hybridized carbons (Fsp3) is 0.118. The molecule has 4 heteroatoms. The lowest BCUT2D eigenvalue weighted by Gasteiger charge is -2.11. The van der Waals surface area contributed by atoms with E-state index in [4.69, 9.17) is 4.74 Å². The van der Waals surface area contributed by atoms with Crippen LogP contribution >= 0.6 is 0 Å². The van der Waals surface area contributed by atoms with E-state index in [1.54, 1.807) is 25.3 Å². The Bertz CT molecular complexity index is 881. The van der Waals surface area contributed by atoms with E-state index in [1.807, 2.05) is 25.1 Å². The molecule has 1 aromatic heterocycles. The second kappa shape index (κ2) is 4.98. The van der Waals surface area contributed by atoms with Gasteiger partial charge in [-0.2, -0.15) is 0 Å². The normalized spacial score (nSPS) is 10.8. The molecule has 3 rings (SSSR count). The molecule has 0 atom stereocenters. The highest BCUT2D eigenvalue weighted by Gasteiger charge is 2.11. The zero-order valence-corrected chi connectivity index (χ0v) is 11.8. The van der Waals surface area contributed by atoms with E-state index in [1.165, 1.54) is 6.07 Å². The number of phenols is 1. The van der Waals surface area contributed by atoms with Gasteiger partial charge in [-0.05, 0) is 36.8 Å². The summed E-state index contributed by atoms with van der Waals surface area (Å²) < 4.78 is 5.28. The molecule has 0 fully saturated rings. The van der Waals surface area contributed by atoms with Crippen molar-refractivity contribution in [3.63, 3.8) is 0 Å². The fourth-order valence-corrected chi connectivity index (χ4v) is 2.45. The van der Waals surface area contributed by atoms with Crippen molar-refractivity contribution in [2.75, 3.05) is 7.11 Å². The van der Waals surface area contributed by atoms with E-state index in [-0.39, 0.29) is 11.2 Å². The molecule has 0 spiro atoms. The minimum Gasteiger partial charge on any atom is -0.507 e. The number of nitrogens with one attached hydrogen (secondary N) is 1. The average Bonchev–Trinajstić information content (AvgIpc) is 2.47. The first-order valence-corrected chi connectivity index (χ1v) is 6.60. The third-order valence-corrected chi connectivity index (χ3v) is 3.54. The molecule has 0 aliphatic rings. The Morgan fingerprint density at radius 3 is 2.67 bits per heavy atom. The molecule has 0 bridgehead atoms. The highest BCUT2D eigenvalue weighted by atomic mass is 16.5. The van der Waals surface area contributed by atoms with Gasteiger partial charge in [-0.15, -0.1) is 0 Å². The molecule has 0 unspecified atom stereocenters. The number of aromatic amines is 1. The second-order valence-electron chi connectivity index (χ2n) is 4.93. The molecule has 0 saturated heterocycles. The van der Waals surface area contributed by atoms with Crippen molar-refractivity contribution in [2.45, 2.75) is 6.92 Å². The van der Waals surface area contributed by atoms with Gasteiger partial charge in [0, 0.05) is 22.5 Å². The maximum Gasteiger partial charge on any atom is 0.190 e. The maximum absolute atomic E-state index is 12.2. The predicted octanol–water partition coefficient (Wildman–Crippen LogP) is 3.22. The summed E-state index contributed by atoms with van der Waals surface area (Å²) in [6, 6.07) is 12.1. The van der Waals surface area contributed by atoms with Crippen LogP contribution < -0.4 is 10.2 Å². The molecular formula is C17H15NO3. The molecule has 4 nitrogen and oxygen atoms in total. The molecule has 0 saturated carbocycles. The summed E-state index contributed by atoms with van der Waals surface area (Å²) in [6.45, 7) is 1.85. The molecule has 2 aromatic carbocycles. The number of para-hydroxylation sites is 1. The Labute approximate surface area is 121 Å². The lowest BCUT2D eigenvalue weighted by atomic mass is 10.0. The van der Waals surface area contributed by atoms with Gasteiger partial charge >= 0.3 is 0 Å². The molecule has 0 aliphatic heterocycles. The van der Waals surface area contributed by atoms with Crippen LogP contribution in [0, 0.1) is 6.92 Å². The van der Waals surface area contributed by atoms with Crippen molar-refractivity contribution in [3.05, 3.63) is 58.3 Å². The summed E-state index contributed by atoms with van der Waals surface area (Å²) in [7, 11) is 1.58. The van der Waals surface area contributed by atoms with E-state index < -0.39 is 0 Å². The minimum absolute atomic E-state index is 0.0849. The number of hydrogen-bond donors (Lipinski definition) is 2. The number of aryl methyl sites for hydroxylation is 1. The largest absolute Gasteiger partial charge is 0.507 e. The van der Waals surface area contributed by atoms with Crippen LogP contribution in [-0.4, -0.2) is 17.2 Å². The van der Waals surface area contributed by atoms with Crippen molar-refractivity contribution >= 4 is 10.9 Å². The third kappa shape index (κ3) is 2.25. The van der Waals surface area contributed by atoms with Crippen molar-refractivity contribution in [2.24, 2.45) is 0 Å². The minimum atomic E-state index is -0.0849. The SMILES string of the molecule is COc1cc(-c2cc(=O)c3ccccc3[nH]2)c(O)cc1C. The van der Waals surface area contributed by atoms with Crippen LogP contribution in [0.3, 0.4) is 0 Å². The fourth-order valence-electron chi connectivity index (χ4n) is 2.45. The Morgan fingerprint density at radius 1 is 1.14 bits per heavy atom. The number of rotatable bonds is 2. The molecule has 106 valence electrons. The van der Waals surface area contributed by atoms with E-state index in [0.29, 0.717) is 22.4 Å². The summed E-state index contributed by atoms with van der Waals surface area (Å²) >= 11 is 0. The third-order valence-electron chi connectivity index (χ3n) is 3.54. The predicted molar refractivity (Wildman–Crippen MR) is 83.0 cm³/mol. The molecule has 0 aliphatic carbocycles. The van der Waals surface area contributed by atoms with E-state index >= 15 is 0 Å². The number of aromatic hydroxyl groups is 1. The van der Waals surface area contributed by atoms with Crippen LogP contribution in [0.4, 0.5) is 0 Å². The molecule has 0 radical (unpaired) electrons. The lowest BCUT2D eigenvalue weighted by molar-refractivity contribution is 0.409. The molecule has 1 heterocycles. The van der Waals surface area contributed by atoms with Crippen LogP contribution in [0.15, 0.2) is 47.3 Å². The topological polar surface area (TPSA) is 62.3 Å². The van der Waals surface area contributed by atoms with Crippen LogP contribution in [0.25, 0.3) is 22.2 Å². The second-order valence-corrected chi connectivity index (χ2v) is 4.93. The lowest BCUT2D eigenvalue weighted by Crippen LogP contribution is -2.03. The van der Waals surface area contributed by atoms with Crippen LogP contribution in [0.5, 0.6) is 11.5 Å². The van der Waals surface area contributed by atoms with Gasteiger partial charge in [-0.25, -0.2) is 0 Å². The quantitative estimate of drug-likeness (QED) is 0.758. The van der Waals surface area contributed by atoms with Crippen LogP contribution in [0.2, 0.25) is 0 Å². The molecule has 2 N–H and O–H groups in total. The monoisotopic (exact) mass is 281 g/mol. The smallest absolute Gasteiger partial charge is 0.190 e. The first-order valence-electron chi connectivity index (χ1n) is 6.60. The number of aromatic nitrogens is 1. The van der Waals surface area contributed by atoms with Gasteiger partial charge < -0.3 is 14.8 Å². The maximum atomic E-state index is 12.2. The summed E-state index contributed by atoms with van der Waals surface area (Å²) in [5.41, 5.74) is 2.59.